The number of anilines is 1. The fraction of sp³-hybridized carbons (Fsp3) is 0.611. The summed E-state index contributed by atoms with van der Waals surface area (Å²) in [6.07, 6.45) is 5.66. The molecule has 0 fully saturated rings. The first-order valence-corrected chi connectivity index (χ1v) is 8.13. The Balaban J connectivity index is 2.58. The monoisotopic (exact) mass is 290 g/mol. The fourth-order valence-electron chi connectivity index (χ4n) is 2.45. The predicted molar refractivity (Wildman–Crippen MR) is 91.0 cm³/mol. The van der Waals surface area contributed by atoms with Crippen molar-refractivity contribution in [2.75, 3.05) is 5.32 Å². The second kappa shape index (κ2) is 8.71. The van der Waals surface area contributed by atoms with Gasteiger partial charge < -0.3 is 10.6 Å². The van der Waals surface area contributed by atoms with E-state index in [4.69, 9.17) is 0 Å². The first-order valence-electron chi connectivity index (χ1n) is 8.13. The van der Waals surface area contributed by atoms with Crippen LogP contribution in [0.15, 0.2) is 12.1 Å². The van der Waals surface area contributed by atoms with Crippen LogP contribution in [0.25, 0.3) is 0 Å². The zero-order valence-corrected chi connectivity index (χ0v) is 14.2. The van der Waals surface area contributed by atoms with Gasteiger partial charge in [0, 0.05) is 11.7 Å². The average Bonchev–Trinajstić information content (AvgIpc) is 2.47. The van der Waals surface area contributed by atoms with Crippen LogP contribution in [0.2, 0.25) is 0 Å². The highest BCUT2D eigenvalue weighted by atomic mass is 16.2. The lowest BCUT2D eigenvalue weighted by atomic mass is 10.0. The van der Waals surface area contributed by atoms with Gasteiger partial charge >= 0.3 is 6.03 Å². The zero-order chi connectivity index (χ0) is 15.8. The van der Waals surface area contributed by atoms with E-state index in [-0.39, 0.29) is 12.1 Å². The molecule has 0 spiro atoms. The number of carbonyl (C=O) groups excluding carboxylic acids is 1. The molecule has 1 aromatic rings. The van der Waals surface area contributed by atoms with Crippen LogP contribution in [0.3, 0.4) is 0 Å². The number of carbonyl (C=O) groups is 1. The molecule has 2 amide bonds. The van der Waals surface area contributed by atoms with Crippen LogP contribution in [0.5, 0.6) is 0 Å². The van der Waals surface area contributed by atoms with Crippen molar-refractivity contribution in [2.45, 2.75) is 72.8 Å². The van der Waals surface area contributed by atoms with Crippen molar-refractivity contribution in [3.8, 4) is 0 Å². The van der Waals surface area contributed by atoms with Crippen molar-refractivity contribution >= 4 is 11.7 Å². The molecule has 0 radical (unpaired) electrons. The Bertz CT molecular complexity index is 469. The van der Waals surface area contributed by atoms with Crippen molar-refractivity contribution < 1.29 is 4.79 Å². The number of unbranched alkanes of at least 4 members (excludes halogenated alkanes) is 2. The van der Waals surface area contributed by atoms with E-state index in [2.05, 4.69) is 51.3 Å². The van der Waals surface area contributed by atoms with Gasteiger partial charge in [-0.1, -0.05) is 39.2 Å². The van der Waals surface area contributed by atoms with Crippen LogP contribution in [0.1, 0.15) is 62.6 Å². The molecule has 1 atom stereocenters. The van der Waals surface area contributed by atoms with Gasteiger partial charge in [0.2, 0.25) is 0 Å². The first-order chi connectivity index (χ1) is 9.99. The lowest BCUT2D eigenvalue weighted by Gasteiger charge is -2.18. The average molecular weight is 290 g/mol. The normalized spacial score (nSPS) is 12.0. The summed E-state index contributed by atoms with van der Waals surface area (Å²) >= 11 is 0. The van der Waals surface area contributed by atoms with Crippen molar-refractivity contribution in [3.05, 3.63) is 28.8 Å². The highest BCUT2D eigenvalue weighted by Crippen LogP contribution is 2.21. The molecule has 1 rings (SSSR count). The maximum atomic E-state index is 12.1. The standard InChI is InChI=1S/C18H30N2O/c1-6-8-9-10-16(7-2)19-18(21)20-17-12-11-13(3)14(4)15(17)5/h11-12,16H,6-10H2,1-5H3,(H2,19,20,21). The molecule has 0 bridgehead atoms. The summed E-state index contributed by atoms with van der Waals surface area (Å²) in [5, 5.41) is 6.07. The van der Waals surface area contributed by atoms with E-state index in [0.717, 1.165) is 24.1 Å². The highest BCUT2D eigenvalue weighted by molar-refractivity contribution is 5.90. The molecule has 0 aliphatic heterocycles. The smallest absolute Gasteiger partial charge is 0.319 e. The molecule has 3 nitrogen and oxygen atoms in total. The molecule has 0 aliphatic rings. The maximum Gasteiger partial charge on any atom is 0.319 e. The van der Waals surface area contributed by atoms with Crippen molar-refractivity contribution in [2.24, 2.45) is 0 Å². The third kappa shape index (κ3) is 5.41. The second-order valence-corrected chi connectivity index (χ2v) is 5.88. The van der Waals surface area contributed by atoms with E-state index in [1.54, 1.807) is 0 Å². The summed E-state index contributed by atoms with van der Waals surface area (Å²) in [5.41, 5.74) is 4.54. The van der Waals surface area contributed by atoms with E-state index >= 15 is 0 Å². The van der Waals surface area contributed by atoms with Crippen LogP contribution >= 0.6 is 0 Å². The molecule has 3 heteroatoms. The zero-order valence-electron chi connectivity index (χ0n) is 14.2. The number of aryl methyl sites for hydroxylation is 1. The lowest BCUT2D eigenvalue weighted by Crippen LogP contribution is -2.37. The van der Waals surface area contributed by atoms with Gasteiger partial charge in [0.25, 0.3) is 0 Å². The molecule has 0 saturated carbocycles. The van der Waals surface area contributed by atoms with E-state index in [1.807, 2.05) is 6.07 Å². The Hall–Kier alpha value is -1.51. The largest absolute Gasteiger partial charge is 0.335 e. The van der Waals surface area contributed by atoms with Gasteiger partial charge in [-0.2, -0.15) is 0 Å². The van der Waals surface area contributed by atoms with Crippen LogP contribution in [0, 0.1) is 20.8 Å². The minimum Gasteiger partial charge on any atom is -0.335 e. The maximum absolute atomic E-state index is 12.1. The summed E-state index contributed by atoms with van der Waals surface area (Å²) in [7, 11) is 0. The molecule has 118 valence electrons. The Kier molecular flexibility index (Phi) is 7.27. The summed E-state index contributed by atoms with van der Waals surface area (Å²) in [5.74, 6) is 0. The predicted octanol–water partition coefficient (Wildman–Crippen LogP) is 5.09. The van der Waals surface area contributed by atoms with Gasteiger partial charge in [0.1, 0.15) is 0 Å². The van der Waals surface area contributed by atoms with Crippen molar-refractivity contribution in [1.29, 1.82) is 0 Å². The van der Waals surface area contributed by atoms with E-state index in [1.165, 1.54) is 30.4 Å². The Morgan fingerprint density at radius 1 is 1.10 bits per heavy atom. The Morgan fingerprint density at radius 2 is 1.81 bits per heavy atom. The first kappa shape index (κ1) is 17.5. The molecule has 21 heavy (non-hydrogen) atoms. The van der Waals surface area contributed by atoms with E-state index in [0.29, 0.717) is 0 Å². The number of rotatable bonds is 7. The second-order valence-electron chi connectivity index (χ2n) is 5.88. The minimum atomic E-state index is -0.0929. The number of amides is 2. The van der Waals surface area contributed by atoms with E-state index in [9.17, 15) is 4.79 Å². The summed E-state index contributed by atoms with van der Waals surface area (Å²) < 4.78 is 0. The molecule has 1 unspecified atom stereocenters. The Labute approximate surface area is 129 Å². The topological polar surface area (TPSA) is 41.1 Å². The molecule has 0 heterocycles. The third-order valence-electron chi connectivity index (χ3n) is 4.29. The molecule has 0 aliphatic carbocycles. The van der Waals surface area contributed by atoms with Gasteiger partial charge in [-0.05, 0) is 56.4 Å². The molecule has 0 aromatic heterocycles. The molecule has 0 saturated heterocycles. The molecular weight excluding hydrogens is 260 g/mol. The van der Waals surface area contributed by atoms with Crippen LogP contribution in [0.4, 0.5) is 10.5 Å². The number of urea groups is 1. The van der Waals surface area contributed by atoms with Crippen LogP contribution in [-0.2, 0) is 0 Å². The number of hydrogen-bond donors (Lipinski definition) is 2. The van der Waals surface area contributed by atoms with Gasteiger partial charge in [0.05, 0.1) is 0 Å². The molecule has 2 N–H and O–H groups in total. The quantitative estimate of drug-likeness (QED) is 0.674. The highest BCUT2D eigenvalue weighted by Gasteiger charge is 2.12. The van der Waals surface area contributed by atoms with Gasteiger partial charge in [-0.25, -0.2) is 4.79 Å². The SMILES string of the molecule is CCCCCC(CC)NC(=O)Nc1ccc(C)c(C)c1C. The van der Waals surface area contributed by atoms with Crippen LogP contribution < -0.4 is 10.6 Å². The molecular formula is C18H30N2O. The Morgan fingerprint density at radius 3 is 2.43 bits per heavy atom. The molecule has 1 aromatic carbocycles. The minimum absolute atomic E-state index is 0.0929. The van der Waals surface area contributed by atoms with Gasteiger partial charge in [0.15, 0.2) is 0 Å². The lowest BCUT2D eigenvalue weighted by molar-refractivity contribution is 0.247. The number of hydrogen-bond acceptors (Lipinski definition) is 1. The summed E-state index contributed by atoms with van der Waals surface area (Å²) in [6.45, 7) is 10.6. The van der Waals surface area contributed by atoms with E-state index < -0.39 is 0 Å². The third-order valence-corrected chi connectivity index (χ3v) is 4.29. The van der Waals surface area contributed by atoms with Crippen molar-refractivity contribution in [1.82, 2.24) is 5.32 Å². The van der Waals surface area contributed by atoms with Crippen molar-refractivity contribution in [3.63, 3.8) is 0 Å². The fourth-order valence-corrected chi connectivity index (χ4v) is 2.45. The summed E-state index contributed by atoms with van der Waals surface area (Å²) in [6, 6.07) is 4.21. The van der Waals surface area contributed by atoms with Gasteiger partial charge in [-0.15, -0.1) is 0 Å². The van der Waals surface area contributed by atoms with Gasteiger partial charge in [-0.3, -0.25) is 0 Å². The number of benzene rings is 1. The number of nitrogens with one attached hydrogen (secondary N) is 2. The van der Waals surface area contributed by atoms with Crippen LogP contribution in [-0.4, -0.2) is 12.1 Å². The summed E-state index contributed by atoms with van der Waals surface area (Å²) in [4.78, 5) is 12.1.